The number of halogens is 1. The summed E-state index contributed by atoms with van der Waals surface area (Å²) in [5, 5.41) is 1.12. The first-order valence-corrected chi connectivity index (χ1v) is 8.54. The van der Waals surface area contributed by atoms with Gasteiger partial charge in [0.25, 0.3) is 0 Å². The maximum atomic E-state index is 13.0. The number of rotatable bonds is 4. The summed E-state index contributed by atoms with van der Waals surface area (Å²) < 4.78 is 20.1. The molecule has 1 aromatic heterocycles. The lowest BCUT2D eigenvalue weighted by Gasteiger charge is -2.14. The van der Waals surface area contributed by atoms with Crippen molar-refractivity contribution in [1.82, 2.24) is 4.57 Å². The van der Waals surface area contributed by atoms with Crippen molar-refractivity contribution in [3.8, 4) is 0 Å². The van der Waals surface area contributed by atoms with Crippen molar-refractivity contribution in [3.05, 3.63) is 94.4 Å². The van der Waals surface area contributed by atoms with Gasteiger partial charge in [-0.3, -0.25) is 9.59 Å². The highest BCUT2D eigenvalue weighted by Crippen LogP contribution is 2.19. The van der Waals surface area contributed by atoms with Gasteiger partial charge >= 0.3 is 5.97 Å². The second-order valence-corrected chi connectivity index (χ2v) is 6.24. The maximum Gasteiger partial charge on any atom is 0.326 e. The summed E-state index contributed by atoms with van der Waals surface area (Å²) >= 11 is 0. The van der Waals surface area contributed by atoms with E-state index < -0.39 is 5.97 Å². The van der Waals surface area contributed by atoms with Gasteiger partial charge in [-0.15, -0.1) is 0 Å². The molecular formula is C22H16FNO3. The molecular weight excluding hydrogens is 345 g/mol. The van der Waals surface area contributed by atoms with Gasteiger partial charge < -0.3 is 9.30 Å². The first-order valence-electron chi connectivity index (χ1n) is 8.54. The minimum absolute atomic E-state index is 0.0253. The SMILES string of the molecule is O=C(Cn1c2ccccc2c(=O)c2ccccc21)OCc1ccc(F)cc1. The number of carbonyl (C=O) groups excluding carboxylic acids is 1. The Bertz CT molecular complexity index is 1140. The van der Waals surface area contributed by atoms with Crippen LogP contribution in [0.1, 0.15) is 5.56 Å². The Morgan fingerprint density at radius 3 is 2.00 bits per heavy atom. The zero-order valence-electron chi connectivity index (χ0n) is 14.4. The van der Waals surface area contributed by atoms with Crippen LogP contribution < -0.4 is 5.43 Å². The Balaban J connectivity index is 1.68. The normalized spacial score (nSPS) is 11.0. The van der Waals surface area contributed by atoms with E-state index in [4.69, 9.17) is 4.74 Å². The molecule has 0 spiro atoms. The van der Waals surface area contributed by atoms with Crippen molar-refractivity contribution in [2.75, 3.05) is 0 Å². The van der Waals surface area contributed by atoms with Crippen LogP contribution in [0.15, 0.2) is 77.6 Å². The van der Waals surface area contributed by atoms with E-state index in [1.807, 2.05) is 24.3 Å². The molecule has 0 atom stereocenters. The van der Waals surface area contributed by atoms with E-state index in [1.165, 1.54) is 12.1 Å². The van der Waals surface area contributed by atoms with E-state index >= 15 is 0 Å². The van der Waals surface area contributed by atoms with Crippen molar-refractivity contribution < 1.29 is 13.9 Å². The van der Waals surface area contributed by atoms with Gasteiger partial charge in [-0.25, -0.2) is 4.39 Å². The standard InChI is InChI=1S/C22H16FNO3/c23-16-11-9-15(10-12-16)14-27-21(25)13-24-19-7-3-1-5-17(19)22(26)18-6-2-4-8-20(18)24/h1-12H,13-14H2. The predicted molar refractivity (Wildman–Crippen MR) is 102 cm³/mol. The van der Waals surface area contributed by atoms with Crippen LogP contribution in [0.5, 0.6) is 0 Å². The molecule has 27 heavy (non-hydrogen) atoms. The topological polar surface area (TPSA) is 48.3 Å². The molecule has 0 saturated carbocycles. The Hall–Kier alpha value is -3.47. The maximum absolute atomic E-state index is 13.0. The third-order valence-corrected chi connectivity index (χ3v) is 4.48. The summed E-state index contributed by atoms with van der Waals surface area (Å²) in [6, 6.07) is 20.2. The van der Waals surface area contributed by atoms with Crippen molar-refractivity contribution >= 4 is 27.8 Å². The lowest BCUT2D eigenvalue weighted by Crippen LogP contribution is -2.18. The van der Waals surface area contributed by atoms with E-state index in [9.17, 15) is 14.0 Å². The highest BCUT2D eigenvalue weighted by Gasteiger charge is 2.13. The van der Waals surface area contributed by atoms with Crippen LogP contribution in [0.2, 0.25) is 0 Å². The number of carbonyl (C=O) groups is 1. The molecule has 0 fully saturated rings. The largest absolute Gasteiger partial charge is 0.459 e. The molecule has 5 heteroatoms. The summed E-state index contributed by atoms with van der Waals surface area (Å²) in [5.74, 6) is -0.769. The van der Waals surface area contributed by atoms with Gasteiger partial charge in [-0.1, -0.05) is 36.4 Å². The van der Waals surface area contributed by atoms with Crippen LogP contribution in [-0.2, 0) is 22.7 Å². The summed E-state index contributed by atoms with van der Waals surface area (Å²) in [4.78, 5) is 25.1. The average Bonchev–Trinajstić information content (AvgIpc) is 2.71. The fraction of sp³-hybridized carbons (Fsp3) is 0.0909. The zero-order chi connectivity index (χ0) is 18.8. The summed E-state index contributed by atoms with van der Waals surface area (Å²) in [6.07, 6.45) is 0. The lowest BCUT2D eigenvalue weighted by atomic mass is 10.1. The third-order valence-electron chi connectivity index (χ3n) is 4.48. The molecule has 0 aliphatic carbocycles. The van der Waals surface area contributed by atoms with E-state index in [0.717, 1.165) is 0 Å². The monoisotopic (exact) mass is 361 g/mol. The molecule has 0 N–H and O–H groups in total. The third kappa shape index (κ3) is 3.31. The van der Waals surface area contributed by atoms with E-state index in [1.54, 1.807) is 41.0 Å². The minimum atomic E-state index is -0.432. The van der Waals surface area contributed by atoms with E-state index in [-0.39, 0.29) is 24.4 Å². The van der Waals surface area contributed by atoms with Gasteiger partial charge in [0.15, 0.2) is 5.43 Å². The quantitative estimate of drug-likeness (QED) is 0.407. The van der Waals surface area contributed by atoms with E-state index in [0.29, 0.717) is 27.4 Å². The molecule has 3 aromatic carbocycles. The van der Waals surface area contributed by atoms with Crippen LogP contribution in [0.25, 0.3) is 21.8 Å². The fourth-order valence-corrected chi connectivity index (χ4v) is 3.17. The van der Waals surface area contributed by atoms with Crippen molar-refractivity contribution in [3.63, 3.8) is 0 Å². The molecule has 0 amide bonds. The van der Waals surface area contributed by atoms with Gasteiger partial charge in [0, 0.05) is 10.8 Å². The number of benzene rings is 3. The summed E-state index contributed by atoms with van der Waals surface area (Å²) in [6.45, 7) is 0.0394. The molecule has 0 unspecified atom stereocenters. The number of ether oxygens (including phenoxy) is 1. The Morgan fingerprint density at radius 1 is 0.852 bits per heavy atom. The fourth-order valence-electron chi connectivity index (χ4n) is 3.17. The number of hydrogen-bond donors (Lipinski definition) is 0. The van der Waals surface area contributed by atoms with Crippen LogP contribution in [-0.4, -0.2) is 10.5 Å². The molecule has 1 heterocycles. The molecule has 0 aliphatic rings. The Labute approximate surface area is 154 Å². The van der Waals surface area contributed by atoms with Gasteiger partial charge in [-0.2, -0.15) is 0 Å². The number of pyridine rings is 1. The molecule has 0 aliphatic heterocycles. The molecule has 4 aromatic rings. The van der Waals surface area contributed by atoms with Crippen molar-refractivity contribution in [1.29, 1.82) is 0 Å². The van der Waals surface area contributed by atoms with E-state index in [2.05, 4.69) is 0 Å². The second kappa shape index (κ2) is 7.03. The van der Waals surface area contributed by atoms with Gasteiger partial charge in [0.1, 0.15) is 19.0 Å². The molecule has 4 rings (SSSR count). The minimum Gasteiger partial charge on any atom is -0.459 e. The number of nitrogens with zero attached hydrogens (tertiary/aromatic N) is 1. The van der Waals surface area contributed by atoms with Crippen LogP contribution >= 0.6 is 0 Å². The van der Waals surface area contributed by atoms with Gasteiger partial charge in [0.05, 0.1) is 11.0 Å². The Morgan fingerprint density at radius 2 is 1.41 bits per heavy atom. The van der Waals surface area contributed by atoms with Gasteiger partial charge in [0.2, 0.25) is 0 Å². The van der Waals surface area contributed by atoms with Crippen LogP contribution in [0, 0.1) is 5.82 Å². The van der Waals surface area contributed by atoms with Crippen LogP contribution in [0.4, 0.5) is 4.39 Å². The number of esters is 1. The average molecular weight is 361 g/mol. The molecule has 0 radical (unpaired) electrons. The zero-order valence-corrected chi connectivity index (χ0v) is 14.4. The number of para-hydroxylation sites is 2. The number of aromatic nitrogens is 1. The molecule has 134 valence electrons. The van der Waals surface area contributed by atoms with Crippen molar-refractivity contribution in [2.45, 2.75) is 13.2 Å². The predicted octanol–water partition coefficient (Wildman–Crippen LogP) is 4.04. The van der Waals surface area contributed by atoms with Crippen molar-refractivity contribution in [2.24, 2.45) is 0 Å². The smallest absolute Gasteiger partial charge is 0.326 e. The summed E-state index contributed by atoms with van der Waals surface area (Å²) in [5.41, 5.74) is 2.01. The molecule has 4 nitrogen and oxygen atoms in total. The Kier molecular flexibility index (Phi) is 4.42. The highest BCUT2D eigenvalue weighted by molar-refractivity contribution is 5.94. The second-order valence-electron chi connectivity index (χ2n) is 6.24. The lowest BCUT2D eigenvalue weighted by molar-refractivity contribution is -0.145. The summed E-state index contributed by atoms with van der Waals surface area (Å²) in [7, 11) is 0. The number of fused-ring (bicyclic) bond motifs is 2. The first kappa shape index (κ1) is 17.0. The van der Waals surface area contributed by atoms with Crippen LogP contribution in [0.3, 0.4) is 0 Å². The van der Waals surface area contributed by atoms with Gasteiger partial charge in [-0.05, 0) is 42.0 Å². The first-order chi connectivity index (χ1) is 13.1. The molecule has 0 saturated heterocycles. The highest BCUT2D eigenvalue weighted by atomic mass is 19.1. The number of hydrogen-bond acceptors (Lipinski definition) is 3. The molecule has 0 bridgehead atoms.